The van der Waals surface area contributed by atoms with Gasteiger partial charge in [-0.3, -0.25) is 14.9 Å². The van der Waals surface area contributed by atoms with Crippen molar-refractivity contribution in [1.29, 1.82) is 0 Å². The summed E-state index contributed by atoms with van der Waals surface area (Å²) in [5.74, 6) is -0.607. The Morgan fingerprint density at radius 3 is 2.80 bits per heavy atom. The summed E-state index contributed by atoms with van der Waals surface area (Å²) in [6.45, 7) is 0.407. The molecule has 0 aliphatic carbocycles. The Kier molecular flexibility index (Phi) is 4.21. The zero-order valence-corrected chi connectivity index (χ0v) is 11.7. The first kappa shape index (κ1) is 14.3. The second-order valence-electron chi connectivity index (χ2n) is 3.96. The summed E-state index contributed by atoms with van der Waals surface area (Å²) in [6.07, 6.45) is 0. The first-order valence-electron chi connectivity index (χ1n) is 5.52. The number of carbonyl (C=O) groups is 1. The van der Waals surface area contributed by atoms with Crippen LogP contribution in [0.4, 0.5) is 10.7 Å². The van der Waals surface area contributed by atoms with E-state index in [0.29, 0.717) is 12.2 Å². The Morgan fingerprint density at radius 1 is 1.45 bits per heavy atom. The molecule has 0 spiro atoms. The van der Waals surface area contributed by atoms with Gasteiger partial charge in [0.1, 0.15) is 0 Å². The predicted octanol–water partition coefficient (Wildman–Crippen LogP) is 3.02. The average molecular weight is 312 g/mol. The molecule has 1 aromatic heterocycles. The molecule has 0 atom stereocenters. The molecule has 0 aliphatic heterocycles. The van der Waals surface area contributed by atoms with Crippen molar-refractivity contribution in [3.8, 4) is 0 Å². The molecule has 0 radical (unpaired) electrons. The van der Waals surface area contributed by atoms with E-state index in [-0.39, 0.29) is 15.6 Å². The maximum absolute atomic E-state index is 11.2. The zero-order chi connectivity index (χ0) is 14.7. The van der Waals surface area contributed by atoms with Gasteiger partial charge in [0.2, 0.25) is 5.91 Å². The van der Waals surface area contributed by atoms with E-state index in [9.17, 15) is 14.9 Å². The molecular formula is C12H10ClN3O3S. The first-order chi connectivity index (χ1) is 9.47. The van der Waals surface area contributed by atoms with Crippen molar-refractivity contribution in [2.45, 2.75) is 6.54 Å². The number of hydrogen-bond donors (Lipinski definition) is 2. The average Bonchev–Trinajstić information content (AvgIpc) is 2.86. The molecule has 0 saturated carbocycles. The number of rotatable bonds is 5. The van der Waals surface area contributed by atoms with E-state index >= 15 is 0 Å². The lowest BCUT2D eigenvalue weighted by Gasteiger charge is -2.07. The molecule has 2 aromatic rings. The number of thiophene rings is 1. The molecule has 1 amide bonds. The maximum Gasteiger partial charge on any atom is 0.324 e. The molecule has 2 rings (SSSR count). The summed E-state index contributed by atoms with van der Waals surface area (Å²) in [5.41, 5.74) is 6.89. The van der Waals surface area contributed by atoms with E-state index in [1.165, 1.54) is 6.07 Å². The molecule has 0 aliphatic rings. The highest BCUT2D eigenvalue weighted by Crippen LogP contribution is 2.24. The van der Waals surface area contributed by atoms with E-state index < -0.39 is 10.8 Å². The van der Waals surface area contributed by atoms with Crippen LogP contribution in [-0.2, 0) is 6.54 Å². The Balaban J connectivity index is 2.08. The maximum atomic E-state index is 11.2. The molecule has 8 heteroatoms. The van der Waals surface area contributed by atoms with Crippen molar-refractivity contribution in [2.75, 3.05) is 5.32 Å². The number of hydrogen-bond acceptors (Lipinski definition) is 5. The Hall–Kier alpha value is -2.12. The molecule has 0 saturated heterocycles. The fraction of sp³-hybridized carbons (Fsp3) is 0.0833. The standard InChI is InChI=1S/C12H10ClN3O3S/c13-10-2-1-8(4-9(10)12(14)17)15-5-7-3-11(16(18)19)20-6-7/h1-4,6,15H,5H2,(H2,14,17). The number of nitrogens with two attached hydrogens (primary N) is 1. The third-order valence-electron chi connectivity index (χ3n) is 2.55. The largest absolute Gasteiger partial charge is 0.381 e. The number of carbonyl (C=O) groups excluding carboxylic acids is 1. The summed E-state index contributed by atoms with van der Waals surface area (Å²) >= 11 is 6.91. The number of anilines is 1. The van der Waals surface area contributed by atoms with Crippen LogP contribution in [0.25, 0.3) is 0 Å². The van der Waals surface area contributed by atoms with Crippen molar-refractivity contribution >= 4 is 39.5 Å². The van der Waals surface area contributed by atoms with Crippen molar-refractivity contribution in [2.24, 2.45) is 5.73 Å². The van der Waals surface area contributed by atoms with E-state index in [2.05, 4.69) is 5.32 Å². The predicted molar refractivity (Wildman–Crippen MR) is 78.3 cm³/mol. The summed E-state index contributed by atoms with van der Waals surface area (Å²) in [4.78, 5) is 21.3. The minimum Gasteiger partial charge on any atom is -0.381 e. The summed E-state index contributed by atoms with van der Waals surface area (Å²) in [7, 11) is 0. The number of nitrogens with zero attached hydrogens (tertiary/aromatic N) is 1. The lowest BCUT2D eigenvalue weighted by atomic mass is 10.2. The van der Waals surface area contributed by atoms with Crippen LogP contribution in [0.5, 0.6) is 0 Å². The normalized spacial score (nSPS) is 10.2. The molecule has 3 N–H and O–H groups in total. The topological polar surface area (TPSA) is 98.3 Å². The molecule has 0 bridgehead atoms. The minimum absolute atomic E-state index is 0.0933. The van der Waals surface area contributed by atoms with Gasteiger partial charge in [-0.2, -0.15) is 0 Å². The zero-order valence-electron chi connectivity index (χ0n) is 10.1. The van der Waals surface area contributed by atoms with Gasteiger partial charge in [0.05, 0.1) is 15.5 Å². The highest BCUT2D eigenvalue weighted by molar-refractivity contribution is 7.13. The van der Waals surface area contributed by atoms with Gasteiger partial charge in [0.25, 0.3) is 0 Å². The number of primary amides is 1. The van der Waals surface area contributed by atoms with E-state index in [1.807, 2.05) is 0 Å². The summed E-state index contributed by atoms with van der Waals surface area (Å²) in [5, 5.41) is 15.7. The van der Waals surface area contributed by atoms with Gasteiger partial charge in [-0.05, 0) is 23.8 Å². The number of amides is 1. The molecular weight excluding hydrogens is 302 g/mol. The molecule has 20 heavy (non-hydrogen) atoms. The molecule has 1 aromatic carbocycles. The number of nitrogens with one attached hydrogen (secondary N) is 1. The smallest absolute Gasteiger partial charge is 0.324 e. The molecule has 1 heterocycles. The summed E-state index contributed by atoms with van der Waals surface area (Å²) in [6, 6.07) is 6.32. The van der Waals surface area contributed by atoms with Crippen LogP contribution in [0, 0.1) is 10.1 Å². The second kappa shape index (κ2) is 5.89. The fourth-order valence-corrected chi connectivity index (χ4v) is 2.52. The van der Waals surface area contributed by atoms with Crippen LogP contribution < -0.4 is 11.1 Å². The van der Waals surface area contributed by atoms with Crippen LogP contribution in [0.15, 0.2) is 29.6 Å². The number of nitro groups is 1. The molecule has 6 nitrogen and oxygen atoms in total. The third-order valence-corrected chi connectivity index (χ3v) is 3.81. The monoisotopic (exact) mass is 311 g/mol. The van der Waals surface area contributed by atoms with Gasteiger partial charge < -0.3 is 11.1 Å². The van der Waals surface area contributed by atoms with Crippen LogP contribution in [0.3, 0.4) is 0 Å². The lowest BCUT2D eigenvalue weighted by Crippen LogP contribution is -2.12. The Labute approximate surface area is 123 Å². The van der Waals surface area contributed by atoms with E-state index in [0.717, 1.165) is 16.9 Å². The van der Waals surface area contributed by atoms with Gasteiger partial charge in [-0.1, -0.05) is 22.9 Å². The van der Waals surface area contributed by atoms with Gasteiger partial charge in [0.15, 0.2) is 0 Å². The second-order valence-corrected chi connectivity index (χ2v) is 5.26. The molecule has 0 unspecified atom stereocenters. The highest BCUT2D eigenvalue weighted by Gasteiger charge is 2.10. The Bertz CT molecular complexity index is 672. The third kappa shape index (κ3) is 3.25. The van der Waals surface area contributed by atoms with Crippen molar-refractivity contribution in [3.05, 3.63) is 55.9 Å². The number of benzene rings is 1. The number of halogens is 1. The van der Waals surface area contributed by atoms with Crippen molar-refractivity contribution in [3.63, 3.8) is 0 Å². The first-order valence-corrected chi connectivity index (χ1v) is 6.78. The van der Waals surface area contributed by atoms with Gasteiger partial charge in [0, 0.05) is 23.7 Å². The quantitative estimate of drug-likeness (QED) is 0.655. The van der Waals surface area contributed by atoms with Gasteiger partial charge in [-0.25, -0.2) is 0 Å². The van der Waals surface area contributed by atoms with E-state index in [4.69, 9.17) is 17.3 Å². The fourth-order valence-electron chi connectivity index (χ4n) is 1.58. The van der Waals surface area contributed by atoms with Crippen LogP contribution in [0.1, 0.15) is 15.9 Å². The summed E-state index contributed by atoms with van der Waals surface area (Å²) < 4.78 is 0. The van der Waals surface area contributed by atoms with Crippen molar-refractivity contribution in [1.82, 2.24) is 0 Å². The Morgan fingerprint density at radius 2 is 2.20 bits per heavy atom. The van der Waals surface area contributed by atoms with Gasteiger partial charge in [-0.15, -0.1) is 0 Å². The van der Waals surface area contributed by atoms with E-state index in [1.54, 1.807) is 23.6 Å². The van der Waals surface area contributed by atoms with Crippen LogP contribution in [-0.4, -0.2) is 10.8 Å². The molecule has 104 valence electrons. The van der Waals surface area contributed by atoms with Gasteiger partial charge >= 0.3 is 5.00 Å². The highest BCUT2D eigenvalue weighted by atomic mass is 35.5. The minimum atomic E-state index is -0.607. The lowest BCUT2D eigenvalue weighted by molar-refractivity contribution is -0.380. The SMILES string of the molecule is NC(=O)c1cc(NCc2csc([N+](=O)[O-])c2)ccc1Cl. The van der Waals surface area contributed by atoms with Crippen LogP contribution in [0.2, 0.25) is 5.02 Å². The van der Waals surface area contributed by atoms with Crippen LogP contribution >= 0.6 is 22.9 Å². The molecule has 0 fully saturated rings. The van der Waals surface area contributed by atoms with Crippen molar-refractivity contribution < 1.29 is 9.72 Å².